The second kappa shape index (κ2) is 9.66. The minimum Gasteiger partial charge on any atom is -0.497 e. The SMILES string of the molecule is COc1ccc(OC[C@H]2CN(C(=O)[C@@H](C)Oc3ccccc3Cl)CCO2)cc1. The normalized spacial score (nSPS) is 17.7. The average molecular weight is 406 g/mol. The van der Waals surface area contributed by atoms with E-state index in [0.29, 0.717) is 37.1 Å². The molecule has 2 aromatic rings. The fourth-order valence-electron chi connectivity index (χ4n) is 2.92. The summed E-state index contributed by atoms with van der Waals surface area (Å²) in [7, 11) is 1.62. The first-order chi connectivity index (χ1) is 13.6. The van der Waals surface area contributed by atoms with Crippen LogP contribution in [0.3, 0.4) is 0 Å². The molecule has 6 nitrogen and oxygen atoms in total. The van der Waals surface area contributed by atoms with E-state index in [2.05, 4.69) is 0 Å². The lowest BCUT2D eigenvalue weighted by Crippen LogP contribution is -2.51. The van der Waals surface area contributed by atoms with Gasteiger partial charge in [0.25, 0.3) is 5.91 Å². The molecule has 1 saturated heterocycles. The van der Waals surface area contributed by atoms with Crippen LogP contribution in [-0.2, 0) is 9.53 Å². The van der Waals surface area contributed by atoms with Gasteiger partial charge in [0.1, 0.15) is 30.0 Å². The first-order valence-electron chi connectivity index (χ1n) is 9.15. The Morgan fingerprint density at radius 2 is 1.93 bits per heavy atom. The van der Waals surface area contributed by atoms with E-state index in [0.717, 1.165) is 11.5 Å². The minimum absolute atomic E-state index is 0.0994. The van der Waals surface area contributed by atoms with Crippen molar-refractivity contribution in [3.63, 3.8) is 0 Å². The first-order valence-corrected chi connectivity index (χ1v) is 9.53. The second-order valence-electron chi connectivity index (χ2n) is 6.45. The lowest BCUT2D eigenvalue weighted by Gasteiger charge is -2.34. The molecule has 0 unspecified atom stereocenters. The van der Waals surface area contributed by atoms with Gasteiger partial charge in [0, 0.05) is 6.54 Å². The zero-order valence-corrected chi connectivity index (χ0v) is 16.7. The molecule has 1 aliphatic heterocycles. The molecule has 1 fully saturated rings. The van der Waals surface area contributed by atoms with Gasteiger partial charge >= 0.3 is 0 Å². The monoisotopic (exact) mass is 405 g/mol. The Kier molecular flexibility index (Phi) is 7.01. The van der Waals surface area contributed by atoms with Crippen LogP contribution in [0.4, 0.5) is 0 Å². The minimum atomic E-state index is -0.638. The summed E-state index contributed by atoms with van der Waals surface area (Å²) in [6.07, 6.45) is -0.839. The number of hydrogen-bond acceptors (Lipinski definition) is 5. The highest BCUT2D eigenvalue weighted by atomic mass is 35.5. The van der Waals surface area contributed by atoms with Crippen molar-refractivity contribution in [3.8, 4) is 17.2 Å². The summed E-state index contributed by atoms with van der Waals surface area (Å²) in [4.78, 5) is 14.5. The van der Waals surface area contributed by atoms with Gasteiger partial charge in [-0.2, -0.15) is 0 Å². The molecule has 7 heteroatoms. The van der Waals surface area contributed by atoms with Crippen molar-refractivity contribution in [1.29, 1.82) is 0 Å². The van der Waals surface area contributed by atoms with Crippen LogP contribution in [0, 0.1) is 0 Å². The van der Waals surface area contributed by atoms with Crippen LogP contribution in [0.1, 0.15) is 6.92 Å². The van der Waals surface area contributed by atoms with Gasteiger partial charge in [-0.15, -0.1) is 0 Å². The number of amides is 1. The lowest BCUT2D eigenvalue weighted by atomic mass is 10.2. The predicted molar refractivity (Wildman–Crippen MR) is 106 cm³/mol. The van der Waals surface area contributed by atoms with Gasteiger partial charge < -0.3 is 23.8 Å². The molecule has 3 rings (SSSR count). The van der Waals surface area contributed by atoms with Gasteiger partial charge in [0.15, 0.2) is 6.10 Å². The van der Waals surface area contributed by atoms with Crippen molar-refractivity contribution in [1.82, 2.24) is 4.90 Å². The number of carbonyl (C=O) groups is 1. The number of carbonyl (C=O) groups excluding carboxylic acids is 1. The molecule has 28 heavy (non-hydrogen) atoms. The molecule has 1 amide bonds. The highest BCUT2D eigenvalue weighted by Gasteiger charge is 2.29. The van der Waals surface area contributed by atoms with E-state index in [-0.39, 0.29) is 12.0 Å². The van der Waals surface area contributed by atoms with Crippen LogP contribution in [0.25, 0.3) is 0 Å². The molecule has 0 saturated carbocycles. The Balaban J connectivity index is 1.51. The summed E-state index contributed by atoms with van der Waals surface area (Å²) in [6, 6.07) is 14.5. The molecule has 2 aromatic carbocycles. The van der Waals surface area contributed by atoms with Gasteiger partial charge in [-0.05, 0) is 43.3 Å². The number of benzene rings is 2. The third-order valence-corrected chi connectivity index (χ3v) is 4.75. The molecule has 0 aliphatic carbocycles. The van der Waals surface area contributed by atoms with Crippen LogP contribution in [0.5, 0.6) is 17.2 Å². The average Bonchev–Trinajstić information content (AvgIpc) is 2.74. The number of ether oxygens (including phenoxy) is 4. The first kappa shape index (κ1) is 20.3. The standard InChI is InChI=1S/C21H24ClNO5/c1-15(28-20-6-4-3-5-19(20)22)21(24)23-11-12-26-18(13-23)14-27-17-9-7-16(25-2)8-10-17/h3-10,15,18H,11-14H2,1-2H3/t15-,18-/m1/s1. The van der Waals surface area contributed by atoms with Crippen LogP contribution in [0.15, 0.2) is 48.5 Å². The highest BCUT2D eigenvalue weighted by molar-refractivity contribution is 6.32. The maximum atomic E-state index is 12.8. The Labute approximate surface area is 169 Å². The van der Waals surface area contributed by atoms with Gasteiger partial charge in [-0.25, -0.2) is 0 Å². The number of morpholine rings is 1. The number of para-hydroxylation sites is 1. The molecule has 0 aromatic heterocycles. The van der Waals surface area contributed by atoms with E-state index in [9.17, 15) is 4.79 Å². The van der Waals surface area contributed by atoms with Crippen LogP contribution in [0.2, 0.25) is 5.02 Å². The third-order valence-electron chi connectivity index (χ3n) is 4.43. The van der Waals surface area contributed by atoms with Crippen molar-refractivity contribution < 1.29 is 23.7 Å². The molecule has 1 aliphatic rings. The molecule has 0 radical (unpaired) electrons. The van der Waals surface area contributed by atoms with Crippen molar-refractivity contribution in [3.05, 3.63) is 53.6 Å². The summed E-state index contributed by atoms with van der Waals surface area (Å²) in [6.45, 7) is 3.51. The van der Waals surface area contributed by atoms with E-state index in [4.69, 9.17) is 30.5 Å². The maximum Gasteiger partial charge on any atom is 0.263 e. The topological polar surface area (TPSA) is 57.2 Å². The fraction of sp³-hybridized carbons (Fsp3) is 0.381. The summed E-state index contributed by atoms with van der Waals surface area (Å²) in [5.41, 5.74) is 0. The van der Waals surface area contributed by atoms with Crippen LogP contribution >= 0.6 is 11.6 Å². The van der Waals surface area contributed by atoms with Crippen LogP contribution in [-0.4, -0.2) is 56.4 Å². The molecular formula is C21H24ClNO5. The van der Waals surface area contributed by atoms with E-state index in [1.165, 1.54) is 0 Å². The van der Waals surface area contributed by atoms with E-state index < -0.39 is 6.10 Å². The Morgan fingerprint density at radius 1 is 1.21 bits per heavy atom. The third kappa shape index (κ3) is 5.30. The number of hydrogen-bond donors (Lipinski definition) is 0. The lowest BCUT2D eigenvalue weighted by molar-refractivity contribution is -0.146. The molecule has 0 bridgehead atoms. The molecule has 0 N–H and O–H groups in total. The highest BCUT2D eigenvalue weighted by Crippen LogP contribution is 2.25. The van der Waals surface area contributed by atoms with E-state index in [1.54, 1.807) is 31.1 Å². The number of halogens is 1. The molecule has 2 atom stereocenters. The Morgan fingerprint density at radius 3 is 2.64 bits per heavy atom. The smallest absolute Gasteiger partial charge is 0.263 e. The second-order valence-corrected chi connectivity index (χ2v) is 6.86. The van der Waals surface area contributed by atoms with Crippen molar-refractivity contribution in [2.45, 2.75) is 19.1 Å². The molecular weight excluding hydrogens is 382 g/mol. The van der Waals surface area contributed by atoms with E-state index >= 15 is 0 Å². The molecule has 0 spiro atoms. The number of methoxy groups -OCH3 is 1. The fourth-order valence-corrected chi connectivity index (χ4v) is 3.10. The summed E-state index contributed by atoms with van der Waals surface area (Å²) < 4.78 is 22.4. The molecule has 1 heterocycles. The zero-order valence-electron chi connectivity index (χ0n) is 16.0. The number of rotatable bonds is 7. The Hall–Kier alpha value is -2.44. The maximum absolute atomic E-state index is 12.8. The van der Waals surface area contributed by atoms with Crippen molar-refractivity contribution >= 4 is 17.5 Å². The summed E-state index contributed by atoms with van der Waals surface area (Å²) in [5.74, 6) is 1.89. The summed E-state index contributed by atoms with van der Waals surface area (Å²) >= 11 is 6.11. The quantitative estimate of drug-likeness (QED) is 0.706. The largest absolute Gasteiger partial charge is 0.497 e. The zero-order chi connectivity index (χ0) is 19.9. The molecule has 150 valence electrons. The van der Waals surface area contributed by atoms with Crippen LogP contribution < -0.4 is 14.2 Å². The van der Waals surface area contributed by atoms with Gasteiger partial charge in [0.05, 0.1) is 25.3 Å². The van der Waals surface area contributed by atoms with Crippen molar-refractivity contribution in [2.75, 3.05) is 33.4 Å². The summed E-state index contributed by atoms with van der Waals surface area (Å²) in [5, 5.41) is 0.481. The van der Waals surface area contributed by atoms with E-state index in [1.807, 2.05) is 36.4 Å². The van der Waals surface area contributed by atoms with Gasteiger partial charge in [-0.1, -0.05) is 23.7 Å². The van der Waals surface area contributed by atoms with Crippen molar-refractivity contribution in [2.24, 2.45) is 0 Å². The predicted octanol–water partition coefficient (Wildman–Crippen LogP) is 3.42. The van der Waals surface area contributed by atoms with Gasteiger partial charge in [-0.3, -0.25) is 4.79 Å². The van der Waals surface area contributed by atoms with Gasteiger partial charge in [0.2, 0.25) is 0 Å². The Bertz CT molecular complexity index is 783. The number of nitrogens with zero attached hydrogens (tertiary/aromatic N) is 1.